The highest BCUT2D eigenvalue weighted by Crippen LogP contribution is 2.12. The van der Waals surface area contributed by atoms with Crippen LogP contribution in [-0.4, -0.2) is 25.7 Å². The largest absolute Gasteiger partial charge is 0.384 e. The molecule has 0 saturated heterocycles. The molecule has 4 heteroatoms. The minimum atomic E-state index is 0.0950. The first-order valence-corrected chi connectivity index (χ1v) is 6.60. The Morgan fingerprint density at radius 3 is 2.53 bits per heavy atom. The predicted octanol–water partition coefficient (Wildman–Crippen LogP) is 2.47. The predicted molar refractivity (Wildman–Crippen MR) is 77.5 cm³/mol. The first-order chi connectivity index (χ1) is 9.00. The average Bonchev–Trinajstić information content (AvgIpc) is 2.34. The summed E-state index contributed by atoms with van der Waals surface area (Å²) in [6.45, 7) is 8.82. The number of benzene rings is 1. The maximum Gasteiger partial charge on any atom is 0.122 e. The molecule has 0 aromatic heterocycles. The van der Waals surface area contributed by atoms with E-state index in [-0.39, 0.29) is 5.84 Å². The molecular formula is C15H24N2O2. The van der Waals surface area contributed by atoms with Gasteiger partial charge in [-0.1, -0.05) is 26.0 Å². The summed E-state index contributed by atoms with van der Waals surface area (Å²) in [6, 6.07) is 5.72. The molecular weight excluding hydrogens is 240 g/mol. The maximum atomic E-state index is 7.38. The minimum Gasteiger partial charge on any atom is -0.384 e. The van der Waals surface area contributed by atoms with Crippen LogP contribution >= 0.6 is 0 Å². The molecule has 1 aromatic rings. The van der Waals surface area contributed by atoms with Crippen LogP contribution in [-0.2, 0) is 16.1 Å². The van der Waals surface area contributed by atoms with E-state index in [1.807, 2.05) is 25.1 Å². The Hall–Kier alpha value is -1.39. The molecule has 0 amide bonds. The monoisotopic (exact) mass is 264 g/mol. The quantitative estimate of drug-likeness (QED) is 0.430. The molecule has 0 heterocycles. The van der Waals surface area contributed by atoms with Crippen LogP contribution in [0.25, 0.3) is 0 Å². The van der Waals surface area contributed by atoms with Crippen molar-refractivity contribution in [3.05, 3.63) is 34.9 Å². The third-order valence-corrected chi connectivity index (χ3v) is 2.73. The van der Waals surface area contributed by atoms with Crippen LogP contribution in [0, 0.1) is 18.3 Å². The van der Waals surface area contributed by atoms with Gasteiger partial charge >= 0.3 is 0 Å². The van der Waals surface area contributed by atoms with E-state index in [4.69, 9.17) is 20.6 Å². The molecule has 106 valence electrons. The number of rotatable bonds is 8. The number of nitrogen functional groups attached to an aromatic ring is 1. The third-order valence-electron chi connectivity index (χ3n) is 2.73. The smallest absolute Gasteiger partial charge is 0.122 e. The first-order valence-electron chi connectivity index (χ1n) is 6.60. The van der Waals surface area contributed by atoms with Crippen molar-refractivity contribution < 1.29 is 9.47 Å². The third kappa shape index (κ3) is 5.85. The summed E-state index contributed by atoms with van der Waals surface area (Å²) < 4.78 is 11.0. The van der Waals surface area contributed by atoms with Crippen LogP contribution in [0.4, 0.5) is 0 Å². The van der Waals surface area contributed by atoms with E-state index in [1.165, 1.54) is 0 Å². The SMILES string of the molecule is Cc1cc(C(=N)N)ccc1COCCOCC(C)C. The normalized spacial score (nSPS) is 10.9. The van der Waals surface area contributed by atoms with E-state index < -0.39 is 0 Å². The number of aryl methyl sites for hydroxylation is 1. The fourth-order valence-corrected chi connectivity index (χ4v) is 1.64. The van der Waals surface area contributed by atoms with Gasteiger partial charge < -0.3 is 15.2 Å². The Bertz CT molecular complexity index is 417. The molecule has 4 nitrogen and oxygen atoms in total. The van der Waals surface area contributed by atoms with Crippen LogP contribution in [0.15, 0.2) is 18.2 Å². The van der Waals surface area contributed by atoms with Gasteiger partial charge in [-0.15, -0.1) is 0 Å². The average molecular weight is 264 g/mol. The van der Waals surface area contributed by atoms with Crippen molar-refractivity contribution in [2.45, 2.75) is 27.4 Å². The molecule has 0 aliphatic carbocycles. The molecule has 1 aromatic carbocycles. The second-order valence-electron chi connectivity index (χ2n) is 5.08. The molecule has 19 heavy (non-hydrogen) atoms. The van der Waals surface area contributed by atoms with Crippen molar-refractivity contribution >= 4 is 5.84 Å². The molecule has 0 radical (unpaired) electrons. The molecule has 0 spiro atoms. The highest BCUT2D eigenvalue weighted by molar-refractivity contribution is 5.95. The van der Waals surface area contributed by atoms with Crippen molar-refractivity contribution in [3.63, 3.8) is 0 Å². The Morgan fingerprint density at radius 1 is 1.26 bits per heavy atom. The molecule has 1 rings (SSSR count). The summed E-state index contributed by atoms with van der Waals surface area (Å²) >= 11 is 0. The summed E-state index contributed by atoms with van der Waals surface area (Å²) in [5.74, 6) is 0.652. The molecule has 0 atom stereocenters. The molecule has 0 bridgehead atoms. The summed E-state index contributed by atoms with van der Waals surface area (Å²) in [5, 5.41) is 7.38. The molecule has 0 saturated carbocycles. The minimum absolute atomic E-state index is 0.0950. The number of nitrogens with one attached hydrogen (secondary N) is 1. The van der Waals surface area contributed by atoms with E-state index in [1.54, 1.807) is 0 Å². The second-order valence-corrected chi connectivity index (χ2v) is 5.08. The van der Waals surface area contributed by atoms with E-state index in [0.29, 0.717) is 25.7 Å². The van der Waals surface area contributed by atoms with Gasteiger partial charge in [0.1, 0.15) is 5.84 Å². The van der Waals surface area contributed by atoms with Gasteiger partial charge in [0.15, 0.2) is 0 Å². The molecule has 0 aliphatic rings. The zero-order valence-electron chi connectivity index (χ0n) is 12.0. The molecule has 3 N–H and O–H groups in total. The summed E-state index contributed by atoms with van der Waals surface area (Å²) in [4.78, 5) is 0. The maximum absolute atomic E-state index is 7.38. The number of ether oxygens (including phenoxy) is 2. The van der Waals surface area contributed by atoms with Gasteiger partial charge in [0, 0.05) is 12.2 Å². The lowest BCUT2D eigenvalue weighted by Crippen LogP contribution is -2.12. The van der Waals surface area contributed by atoms with Gasteiger partial charge in [-0.3, -0.25) is 5.41 Å². The molecule has 0 unspecified atom stereocenters. The number of amidine groups is 1. The number of hydrogen-bond acceptors (Lipinski definition) is 3. The first kappa shape index (κ1) is 15.7. The van der Waals surface area contributed by atoms with Crippen molar-refractivity contribution in [2.24, 2.45) is 11.7 Å². The molecule has 0 aliphatic heterocycles. The van der Waals surface area contributed by atoms with Crippen LogP contribution in [0.3, 0.4) is 0 Å². The summed E-state index contributed by atoms with van der Waals surface area (Å²) in [5.41, 5.74) is 8.41. The Balaban J connectivity index is 2.32. The van der Waals surface area contributed by atoms with Gasteiger partial charge in [-0.2, -0.15) is 0 Å². The Morgan fingerprint density at radius 2 is 1.95 bits per heavy atom. The van der Waals surface area contributed by atoms with E-state index >= 15 is 0 Å². The highest BCUT2D eigenvalue weighted by atomic mass is 16.5. The Labute approximate surface area is 115 Å². The number of nitrogens with two attached hydrogens (primary N) is 1. The highest BCUT2D eigenvalue weighted by Gasteiger charge is 2.02. The van der Waals surface area contributed by atoms with Gasteiger partial charge in [-0.05, 0) is 30.0 Å². The summed E-state index contributed by atoms with van der Waals surface area (Å²) in [7, 11) is 0. The zero-order chi connectivity index (χ0) is 14.3. The fourth-order valence-electron chi connectivity index (χ4n) is 1.64. The van der Waals surface area contributed by atoms with Crippen LogP contribution in [0.5, 0.6) is 0 Å². The topological polar surface area (TPSA) is 68.3 Å². The molecule has 0 fully saturated rings. The van der Waals surface area contributed by atoms with Crippen molar-refractivity contribution in [3.8, 4) is 0 Å². The van der Waals surface area contributed by atoms with E-state index in [9.17, 15) is 0 Å². The van der Waals surface area contributed by atoms with Crippen molar-refractivity contribution in [1.82, 2.24) is 0 Å². The lowest BCUT2D eigenvalue weighted by atomic mass is 10.1. The standard InChI is InChI=1S/C15H24N2O2/c1-11(2)9-18-6-7-19-10-14-5-4-13(15(16)17)8-12(14)3/h4-5,8,11H,6-7,9-10H2,1-3H3,(H3,16,17). The fraction of sp³-hybridized carbons (Fsp3) is 0.533. The summed E-state index contributed by atoms with van der Waals surface area (Å²) in [6.07, 6.45) is 0. The van der Waals surface area contributed by atoms with Gasteiger partial charge in [-0.25, -0.2) is 0 Å². The lowest BCUT2D eigenvalue weighted by molar-refractivity contribution is 0.0313. The van der Waals surface area contributed by atoms with Crippen LogP contribution in [0.1, 0.15) is 30.5 Å². The van der Waals surface area contributed by atoms with Crippen LogP contribution in [0.2, 0.25) is 0 Å². The second kappa shape index (κ2) is 7.92. The lowest BCUT2D eigenvalue weighted by Gasteiger charge is -2.10. The van der Waals surface area contributed by atoms with Gasteiger partial charge in [0.05, 0.1) is 19.8 Å². The van der Waals surface area contributed by atoms with E-state index in [0.717, 1.165) is 23.3 Å². The number of hydrogen-bond donors (Lipinski definition) is 2. The van der Waals surface area contributed by atoms with Crippen LogP contribution < -0.4 is 5.73 Å². The Kier molecular flexibility index (Phi) is 6.53. The van der Waals surface area contributed by atoms with Crippen molar-refractivity contribution in [1.29, 1.82) is 5.41 Å². The zero-order valence-corrected chi connectivity index (χ0v) is 12.0. The van der Waals surface area contributed by atoms with Gasteiger partial charge in [0.25, 0.3) is 0 Å². The van der Waals surface area contributed by atoms with Crippen molar-refractivity contribution in [2.75, 3.05) is 19.8 Å². The van der Waals surface area contributed by atoms with Gasteiger partial charge in [0.2, 0.25) is 0 Å². The van der Waals surface area contributed by atoms with E-state index in [2.05, 4.69) is 13.8 Å².